The van der Waals surface area contributed by atoms with E-state index in [-0.39, 0.29) is 18.0 Å². The zero-order valence-corrected chi connectivity index (χ0v) is 13.5. The van der Waals surface area contributed by atoms with Gasteiger partial charge in [0.25, 0.3) is 0 Å². The van der Waals surface area contributed by atoms with Crippen LogP contribution in [-0.2, 0) is 11.2 Å². The molecule has 0 aliphatic carbocycles. The Kier molecular flexibility index (Phi) is 7.57. The zero-order valence-electron chi connectivity index (χ0n) is 11.9. The number of halogens is 2. The molecule has 1 N–H and O–H groups in total. The number of hydrogen-bond acceptors (Lipinski definition) is 2. The summed E-state index contributed by atoms with van der Waals surface area (Å²) in [6.07, 6.45) is 2.90. The molecule has 0 saturated heterocycles. The van der Waals surface area contributed by atoms with Crippen molar-refractivity contribution in [2.45, 2.75) is 45.3 Å². The molecule has 0 spiro atoms. The van der Waals surface area contributed by atoms with Crippen molar-refractivity contribution >= 4 is 15.9 Å². The fourth-order valence-electron chi connectivity index (χ4n) is 2.22. The topological polar surface area (TPSA) is 21.3 Å². The predicted molar refractivity (Wildman–Crippen MR) is 81.0 cm³/mol. The molecular formula is C15H23BrFNO. The Labute approximate surface area is 123 Å². The van der Waals surface area contributed by atoms with E-state index < -0.39 is 0 Å². The second kappa shape index (κ2) is 8.67. The molecule has 0 amide bonds. The highest BCUT2D eigenvalue weighted by Crippen LogP contribution is 2.23. The van der Waals surface area contributed by atoms with Crippen LogP contribution in [0.2, 0.25) is 0 Å². The lowest BCUT2D eigenvalue weighted by Crippen LogP contribution is -2.42. The zero-order chi connectivity index (χ0) is 14.3. The van der Waals surface area contributed by atoms with Crippen molar-refractivity contribution in [1.29, 1.82) is 0 Å². The lowest BCUT2D eigenvalue weighted by molar-refractivity contribution is 0.0653. The van der Waals surface area contributed by atoms with Crippen LogP contribution >= 0.6 is 15.9 Å². The number of benzene rings is 1. The van der Waals surface area contributed by atoms with Gasteiger partial charge in [-0.15, -0.1) is 0 Å². The van der Waals surface area contributed by atoms with Crippen LogP contribution < -0.4 is 5.32 Å². The van der Waals surface area contributed by atoms with Gasteiger partial charge in [0.1, 0.15) is 5.82 Å². The lowest BCUT2D eigenvalue weighted by atomic mass is 9.99. The van der Waals surface area contributed by atoms with E-state index in [1.807, 2.05) is 6.07 Å². The standard InChI is InChI=1S/C15H23BrFNO/c1-4-9-18-13(14(5-2)19-3)10-11-7-6-8-12(17)15(11)16/h6-8,13-14,18H,4-5,9-10H2,1-3H3. The maximum absolute atomic E-state index is 13.5. The summed E-state index contributed by atoms with van der Waals surface area (Å²) in [5.41, 5.74) is 0.976. The van der Waals surface area contributed by atoms with Crippen LogP contribution in [0.4, 0.5) is 4.39 Å². The van der Waals surface area contributed by atoms with Crippen molar-refractivity contribution < 1.29 is 9.13 Å². The maximum Gasteiger partial charge on any atom is 0.137 e. The van der Waals surface area contributed by atoms with E-state index in [0.717, 1.165) is 31.4 Å². The Bertz CT molecular complexity index is 382. The molecule has 1 aromatic rings. The van der Waals surface area contributed by atoms with Gasteiger partial charge in [-0.25, -0.2) is 4.39 Å². The molecule has 0 saturated carbocycles. The summed E-state index contributed by atoms with van der Waals surface area (Å²) in [4.78, 5) is 0. The number of nitrogens with one attached hydrogen (secondary N) is 1. The van der Waals surface area contributed by atoms with Crippen LogP contribution in [0.1, 0.15) is 32.3 Å². The van der Waals surface area contributed by atoms with E-state index >= 15 is 0 Å². The summed E-state index contributed by atoms with van der Waals surface area (Å²) in [7, 11) is 1.73. The first-order valence-corrected chi connectivity index (χ1v) is 7.62. The molecule has 0 aliphatic heterocycles. The molecule has 2 unspecified atom stereocenters. The van der Waals surface area contributed by atoms with Gasteiger partial charge >= 0.3 is 0 Å². The second-order valence-corrected chi connectivity index (χ2v) is 5.45. The largest absolute Gasteiger partial charge is 0.380 e. The number of ether oxygens (including phenoxy) is 1. The fourth-order valence-corrected chi connectivity index (χ4v) is 2.65. The van der Waals surface area contributed by atoms with E-state index in [4.69, 9.17) is 4.74 Å². The van der Waals surface area contributed by atoms with Gasteiger partial charge in [-0.2, -0.15) is 0 Å². The summed E-state index contributed by atoms with van der Waals surface area (Å²) < 4.78 is 19.6. The second-order valence-electron chi connectivity index (χ2n) is 4.66. The van der Waals surface area contributed by atoms with Crippen LogP contribution in [0, 0.1) is 5.82 Å². The van der Waals surface area contributed by atoms with Crippen LogP contribution in [0.15, 0.2) is 22.7 Å². The molecule has 2 nitrogen and oxygen atoms in total. The minimum atomic E-state index is -0.211. The van der Waals surface area contributed by atoms with E-state index in [0.29, 0.717) is 4.47 Å². The van der Waals surface area contributed by atoms with Crippen molar-refractivity contribution in [3.05, 3.63) is 34.1 Å². The Morgan fingerprint density at radius 3 is 2.68 bits per heavy atom. The monoisotopic (exact) mass is 331 g/mol. The van der Waals surface area contributed by atoms with Crippen molar-refractivity contribution in [1.82, 2.24) is 5.32 Å². The molecule has 0 radical (unpaired) electrons. The molecule has 0 bridgehead atoms. The Morgan fingerprint density at radius 1 is 1.37 bits per heavy atom. The van der Waals surface area contributed by atoms with Crippen LogP contribution in [0.25, 0.3) is 0 Å². The van der Waals surface area contributed by atoms with Gasteiger partial charge in [0, 0.05) is 13.2 Å². The Balaban J connectivity index is 2.83. The highest BCUT2D eigenvalue weighted by molar-refractivity contribution is 9.10. The van der Waals surface area contributed by atoms with Crippen LogP contribution in [0.3, 0.4) is 0 Å². The fraction of sp³-hybridized carbons (Fsp3) is 0.600. The van der Waals surface area contributed by atoms with E-state index in [2.05, 4.69) is 35.1 Å². The van der Waals surface area contributed by atoms with Gasteiger partial charge < -0.3 is 10.1 Å². The molecule has 4 heteroatoms. The van der Waals surface area contributed by atoms with Crippen molar-refractivity contribution in [3.63, 3.8) is 0 Å². The summed E-state index contributed by atoms with van der Waals surface area (Å²) >= 11 is 3.33. The number of hydrogen-bond donors (Lipinski definition) is 1. The molecule has 19 heavy (non-hydrogen) atoms. The first-order valence-electron chi connectivity index (χ1n) is 6.83. The highest BCUT2D eigenvalue weighted by atomic mass is 79.9. The summed E-state index contributed by atoms with van der Waals surface area (Å²) in [5.74, 6) is -0.211. The molecular weight excluding hydrogens is 309 g/mol. The van der Waals surface area contributed by atoms with E-state index in [1.54, 1.807) is 13.2 Å². The van der Waals surface area contributed by atoms with Crippen LogP contribution in [-0.4, -0.2) is 25.8 Å². The maximum atomic E-state index is 13.5. The molecule has 0 aliphatic rings. The van der Waals surface area contributed by atoms with Gasteiger partial charge in [0.05, 0.1) is 10.6 Å². The van der Waals surface area contributed by atoms with E-state index in [1.165, 1.54) is 6.07 Å². The molecule has 108 valence electrons. The first kappa shape index (κ1) is 16.6. The molecule has 0 aromatic heterocycles. The minimum Gasteiger partial charge on any atom is -0.380 e. The summed E-state index contributed by atoms with van der Waals surface area (Å²) in [6, 6.07) is 5.37. The summed E-state index contributed by atoms with van der Waals surface area (Å²) in [6.45, 7) is 5.18. The van der Waals surface area contributed by atoms with Gasteiger partial charge in [-0.1, -0.05) is 26.0 Å². The molecule has 2 atom stereocenters. The summed E-state index contributed by atoms with van der Waals surface area (Å²) in [5, 5.41) is 3.50. The Morgan fingerprint density at radius 2 is 2.11 bits per heavy atom. The van der Waals surface area contributed by atoms with Crippen LogP contribution in [0.5, 0.6) is 0 Å². The molecule has 0 fully saturated rings. The van der Waals surface area contributed by atoms with Crippen molar-refractivity contribution in [2.75, 3.05) is 13.7 Å². The predicted octanol–water partition coefficient (Wildman–Crippen LogP) is 3.92. The third kappa shape index (κ3) is 4.86. The quantitative estimate of drug-likeness (QED) is 0.779. The lowest BCUT2D eigenvalue weighted by Gasteiger charge is -2.26. The van der Waals surface area contributed by atoms with Gasteiger partial charge in [0.2, 0.25) is 0 Å². The average molecular weight is 332 g/mol. The first-order chi connectivity index (χ1) is 9.13. The molecule has 1 aromatic carbocycles. The minimum absolute atomic E-state index is 0.140. The number of rotatable bonds is 8. The highest BCUT2D eigenvalue weighted by Gasteiger charge is 2.20. The van der Waals surface area contributed by atoms with Crippen molar-refractivity contribution in [3.8, 4) is 0 Å². The third-order valence-electron chi connectivity index (χ3n) is 3.28. The van der Waals surface area contributed by atoms with Gasteiger partial charge in [-0.05, 0) is 53.4 Å². The van der Waals surface area contributed by atoms with Gasteiger partial charge in [-0.3, -0.25) is 0 Å². The smallest absolute Gasteiger partial charge is 0.137 e. The third-order valence-corrected chi connectivity index (χ3v) is 4.17. The Hall–Kier alpha value is -0.450. The SMILES string of the molecule is CCCNC(Cc1cccc(F)c1Br)C(CC)OC. The normalized spacial score (nSPS) is 14.4. The molecule has 1 rings (SSSR count). The van der Waals surface area contributed by atoms with Gasteiger partial charge in [0.15, 0.2) is 0 Å². The van der Waals surface area contributed by atoms with E-state index in [9.17, 15) is 4.39 Å². The number of methoxy groups -OCH3 is 1. The van der Waals surface area contributed by atoms with Crippen molar-refractivity contribution in [2.24, 2.45) is 0 Å². The molecule has 0 heterocycles. The average Bonchev–Trinajstić information content (AvgIpc) is 2.42.